The highest BCUT2D eigenvalue weighted by Crippen LogP contribution is 2.64. The molecule has 2 aliphatic carbocycles. The molecule has 0 spiro atoms. The Kier molecular flexibility index (Phi) is 2.63. The van der Waals surface area contributed by atoms with E-state index in [1.165, 1.54) is 38.5 Å². The highest BCUT2D eigenvalue weighted by atomic mass is 16.5. The van der Waals surface area contributed by atoms with Crippen molar-refractivity contribution in [2.24, 2.45) is 22.7 Å². The van der Waals surface area contributed by atoms with Crippen molar-refractivity contribution in [3.05, 3.63) is 12.3 Å². The number of ether oxygens (including phenoxy) is 1. The second-order valence-corrected chi connectivity index (χ2v) is 8.03. The van der Waals surface area contributed by atoms with Gasteiger partial charge in [0.2, 0.25) is 0 Å². The van der Waals surface area contributed by atoms with Crippen LogP contribution in [0.1, 0.15) is 66.2 Å². The van der Waals surface area contributed by atoms with Crippen LogP contribution in [0.5, 0.6) is 0 Å². The van der Waals surface area contributed by atoms with E-state index in [1.807, 2.05) is 6.26 Å². The van der Waals surface area contributed by atoms with E-state index in [-0.39, 0.29) is 5.60 Å². The summed E-state index contributed by atoms with van der Waals surface area (Å²) in [5.74, 6) is 1.60. The SMILES string of the molecule is CC1(C)CCC[C@]2(C)[C@H]3CC=CO[C@]3(C)CC[C@@H]12. The van der Waals surface area contributed by atoms with Crippen LogP contribution in [-0.2, 0) is 4.74 Å². The molecule has 4 atom stereocenters. The van der Waals surface area contributed by atoms with E-state index in [4.69, 9.17) is 4.74 Å². The molecule has 0 aromatic rings. The molecule has 2 fully saturated rings. The Morgan fingerprint density at radius 2 is 1.78 bits per heavy atom. The lowest BCUT2D eigenvalue weighted by atomic mass is 9.45. The molecule has 1 heterocycles. The molecule has 0 saturated heterocycles. The molecule has 0 bridgehead atoms. The van der Waals surface area contributed by atoms with Crippen LogP contribution >= 0.6 is 0 Å². The van der Waals surface area contributed by atoms with E-state index >= 15 is 0 Å². The molecule has 2 saturated carbocycles. The third kappa shape index (κ3) is 1.58. The summed E-state index contributed by atoms with van der Waals surface area (Å²) in [5, 5.41) is 0. The van der Waals surface area contributed by atoms with E-state index in [0.717, 1.165) is 5.92 Å². The summed E-state index contributed by atoms with van der Waals surface area (Å²) in [6.45, 7) is 9.90. The normalized spacial score (nSPS) is 50.0. The fourth-order valence-corrected chi connectivity index (χ4v) is 5.66. The van der Waals surface area contributed by atoms with Gasteiger partial charge in [-0.3, -0.25) is 0 Å². The zero-order valence-electron chi connectivity index (χ0n) is 12.5. The molecule has 1 heteroatoms. The minimum Gasteiger partial charge on any atom is -0.495 e. The molecule has 3 rings (SSSR count). The number of rotatable bonds is 0. The quantitative estimate of drug-likeness (QED) is 0.591. The Hall–Kier alpha value is -0.460. The average Bonchev–Trinajstić information content (AvgIpc) is 2.27. The fourth-order valence-electron chi connectivity index (χ4n) is 5.66. The third-order valence-electron chi connectivity index (χ3n) is 6.54. The maximum absolute atomic E-state index is 6.07. The maximum Gasteiger partial charge on any atom is 0.109 e. The summed E-state index contributed by atoms with van der Waals surface area (Å²) in [5.41, 5.74) is 1.11. The zero-order chi connectivity index (χ0) is 13.0. The van der Waals surface area contributed by atoms with Crippen molar-refractivity contribution >= 4 is 0 Å². The van der Waals surface area contributed by atoms with Crippen LogP contribution < -0.4 is 0 Å². The molecule has 102 valence electrons. The Balaban J connectivity index is 1.99. The monoisotopic (exact) mass is 248 g/mol. The molecule has 0 aromatic carbocycles. The van der Waals surface area contributed by atoms with Crippen LogP contribution in [-0.4, -0.2) is 5.60 Å². The van der Waals surface area contributed by atoms with Gasteiger partial charge in [-0.2, -0.15) is 0 Å². The summed E-state index contributed by atoms with van der Waals surface area (Å²) in [6.07, 6.45) is 12.2. The largest absolute Gasteiger partial charge is 0.495 e. The lowest BCUT2D eigenvalue weighted by Gasteiger charge is -2.62. The number of hydrogen-bond acceptors (Lipinski definition) is 1. The third-order valence-corrected chi connectivity index (χ3v) is 6.54. The van der Waals surface area contributed by atoms with Crippen LogP contribution in [0, 0.1) is 22.7 Å². The second-order valence-electron chi connectivity index (χ2n) is 8.03. The van der Waals surface area contributed by atoms with E-state index in [1.54, 1.807) is 0 Å². The van der Waals surface area contributed by atoms with Gasteiger partial charge < -0.3 is 4.74 Å². The summed E-state index contributed by atoms with van der Waals surface area (Å²) >= 11 is 0. The molecule has 0 N–H and O–H groups in total. The molecular formula is C17H28O. The van der Waals surface area contributed by atoms with Crippen molar-refractivity contribution in [3.63, 3.8) is 0 Å². The van der Waals surface area contributed by atoms with Gasteiger partial charge in [-0.25, -0.2) is 0 Å². The molecule has 0 aromatic heterocycles. The minimum atomic E-state index is 0.105. The van der Waals surface area contributed by atoms with Crippen LogP contribution in [0.25, 0.3) is 0 Å². The van der Waals surface area contributed by atoms with Gasteiger partial charge in [0, 0.05) is 5.92 Å². The van der Waals surface area contributed by atoms with Crippen molar-refractivity contribution in [2.45, 2.75) is 71.8 Å². The van der Waals surface area contributed by atoms with Crippen molar-refractivity contribution in [1.29, 1.82) is 0 Å². The lowest BCUT2D eigenvalue weighted by molar-refractivity contribution is -0.175. The second kappa shape index (κ2) is 3.77. The van der Waals surface area contributed by atoms with Gasteiger partial charge >= 0.3 is 0 Å². The van der Waals surface area contributed by atoms with Crippen molar-refractivity contribution < 1.29 is 4.74 Å². The minimum absolute atomic E-state index is 0.105. The molecule has 0 radical (unpaired) electrons. The Bertz CT molecular complexity index is 370. The van der Waals surface area contributed by atoms with Crippen LogP contribution in [0.15, 0.2) is 12.3 Å². The summed E-state index contributed by atoms with van der Waals surface area (Å²) in [4.78, 5) is 0. The first-order chi connectivity index (χ1) is 8.39. The van der Waals surface area contributed by atoms with Crippen molar-refractivity contribution in [3.8, 4) is 0 Å². The highest BCUT2D eigenvalue weighted by molar-refractivity contribution is 5.11. The molecule has 3 aliphatic rings. The van der Waals surface area contributed by atoms with Gasteiger partial charge in [0.15, 0.2) is 0 Å². The van der Waals surface area contributed by atoms with E-state index in [2.05, 4.69) is 33.8 Å². The topological polar surface area (TPSA) is 9.23 Å². The molecule has 0 amide bonds. The van der Waals surface area contributed by atoms with Gasteiger partial charge in [-0.05, 0) is 61.9 Å². The summed E-state index contributed by atoms with van der Waals surface area (Å²) < 4.78 is 6.07. The van der Waals surface area contributed by atoms with Gasteiger partial charge in [-0.15, -0.1) is 0 Å². The van der Waals surface area contributed by atoms with Crippen LogP contribution in [0.3, 0.4) is 0 Å². The fraction of sp³-hybridized carbons (Fsp3) is 0.882. The molecule has 18 heavy (non-hydrogen) atoms. The van der Waals surface area contributed by atoms with Crippen molar-refractivity contribution in [1.82, 2.24) is 0 Å². The highest BCUT2D eigenvalue weighted by Gasteiger charge is 2.59. The number of hydrogen-bond donors (Lipinski definition) is 0. The predicted molar refractivity (Wildman–Crippen MR) is 75.2 cm³/mol. The first-order valence-corrected chi connectivity index (χ1v) is 7.71. The van der Waals surface area contributed by atoms with Crippen molar-refractivity contribution in [2.75, 3.05) is 0 Å². The lowest BCUT2D eigenvalue weighted by Crippen LogP contribution is -2.58. The first kappa shape index (κ1) is 12.6. The van der Waals surface area contributed by atoms with Gasteiger partial charge in [0.1, 0.15) is 5.60 Å². The number of allylic oxidation sites excluding steroid dienone is 1. The predicted octanol–water partition coefficient (Wildman–Crippen LogP) is 4.92. The van der Waals surface area contributed by atoms with E-state index < -0.39 is 0 Å². The Labute approximate surface area is 112 Å². The smallest absolute Gasteiger partial charge is 0.109 e. The number of fused-ring (bicyclic) bond motifs is 3. The first-order valence-electron chi connectivity index (χ1n) is 7.71. The Morgan fingerprint density at radius 1 is 1.00 bits per heavy atom. The Morgan fingerprint density at radius 3 is 2.56 bits per heavy atom. The van der Waals surface area contributed by atoms with Gasteiger partial charge in [-0.1, -0.05) is 27.2 Å². The average molecular weight is 248 g/mol. The van der Waals surface area contributed by atoms with Gasteiger partial charge in [0.05, 0.1) is 6.26 Å². The molecular weight excluding hydrogens is 220 g/mol. The maximum atomic E-state index is 6.07. The summed E-state index contributed by atoms with van der Waals surface area (Å²) in [7, 11) is 0. The molecule has 1 nitrogen and oxygen atoms in total. The molecule has 1 aliphatic heterocycles. The van der Waals surface area contributed by atoms with Gasteiger partial charge in [0.25, 0.3) is 0 Å². The van der Waals surface area contributed by atoms with Crippen LogP contribution in [0.4, 0.5) is 0 Å². The zero-order valence-corrected chi connectivity index (χ0v) is 12.5. The standard InChI is InChI=1S/C17H28O/c1-15(2)9-6-10-16(3)13(15)8-11-17(4)14(16)7-5-12-18-17/h5,12-14H,6-11H2,1-4H3/t13-,14+,16-,17+/m0/s1. The molecule has 0 unspecified atom stereocenters. The summed E-state index contributed by atoms with van der Waals surface area (Å²) in [6, 6.07) is 0. The van der Waals surface area contributed by atoms with Crippen LogP contribution in [0.2, 0.25) is 0 Å². The van der Waals surface area contributed by atoms with E-state index in [9.17, 15) is 0 Å². The van der Waals surface area contributed by atoms with E-state index in [0.29, 0.717) is 16.7 Å².